The topological polar surface area (TPSA) is 128 Å². The van der Waals surface area contributed by atoms with Crippen LogP contribution in [0, 0.1) is 6.07 Å². The first-order valence-corrected chi connectivity index (χ1v) is 19.4. The van der Waals surface area contributed by atoms with E-state index in [4.69, 9.17) is 5.14 Å². The van der Waals surface area contributed by atoms with E-state index < -0.39 is 112 Å². The van der Waals surface area contributed by atoms with E-state index in [1.165, 1.54) is 36.4 Å². The van der Waals surface area contributed by atoms with Gasteiger partial charge in [0, 0.05) is 46.4 Å². The molecular formula is C34H24F6NO6S3. The predicted molar refractivity (Wildman–Crippen MR) is 175 cm³/mol. The van der Waals surface area contributed by atoms with Crippen LogP contribution in [-0.2, 0) is 42.1 Å². The number of hydrogen-bond acceptors (Lipinski definition) is 6. The molecule has 0 amide bonds. The van der Waals surface area contributed by atoms with Crippen LogP contribution in [0.2, 0.25) is 0 Å². The third-order valence-corrected chi connectivity index (χ3v) is 10.9. The number of nitrogens with two attached hydrogens (primary N) is 1. The van der Waals surface area contributed by atoms with E-state index in [1.54, 1.807) is 0 Å². The Labute approximate surface area is 283 Å². The number of benzene rings is 5. The molecule has 0 saturated heterocycles. The standard InChI is InChI=1S/C34H24F6NO6S3/c1-48(42,43)27-16-8-4-11-20(27)24-19-26(34(38,39)40)31(22-13-5-9-17-28(22)49(2,44)45)32(23-14-6-10-18-29(23)50(41,46)47)30(24)21-12-3-7-15-25(21)33(35,36)37/h3-18H,1-2H3,(H2,41,46,47). The average Bonchev–Trinajstić information content (AvgIpc) is 3.01. The highest BCUT2D eigenvalue weighted by Crippen LogP contribution is 2.54. The molecule has 0 fully saturated rings. The molecule has 0 atom stereocenters. The van der Waals surface area contributed by atoms with Gasteiger partial charge in [0.25, 0.3) is 0 Å². The molecule has 0 spiro atoms. The smallest absolute Gasteiger partial charge is 0.225 e. The maximum absolute atomic E-state index is 15.4. The van der Waals surface area contributed by atoms with Crippen molar-refractivity contribution in [2.45, 2.75) is 27.0 Å². The molecule has 0 aliphatic heterocycles. The maximum Gasteiger partial charge on any atom is 0.417 e. The van der Waals surface area contributed by atoms with Gasteiger partial charge in [-0.15, -0.1) is 0 Å². The van der Waals surface area contributed by atoms with E-state index in [0.29, 0.717) is 12.3 Å². The minimum absolute atomic E-state index is 0.496. The van der Waals surface area contributed by atoms with Crippen molar-refractivity contribution >= 4 is 29.7 Å². The summed E-state index contributed by atoms with van der Waals surface area (Å²) in [5, 5.41) is 5.51. The first-order chi connectivity index (χ1) is 23.0. The number of sulfonamides is 1. The second kappa shape index (κ2) is 12.7. The van der Waals surface area contributed by atoms with E-state index in [1.807, 2.05) is 0 Å². The summed E-state index contributed by atoms with van der Waals surface area (Å²) in [7, 11) is -13.5. The van der Waals surface area contributed by atoms with E-state index >= 15 is 13.2 Å². The van der Waals surface area contributed by atoms with Gasteiger partial charge in [0.15, 0.2) is 19.7 Å². The molecule has 0 unspecified atom stereocenters. The highest BCUT2D eigenvalue weighted by atomic mass is 32.2. The number of sulfone groups is 2. The van der Waals surface area contributed by atoms with Gasteiger partial charge >= 0.3 is 12.4 Å². The lowest BCUT2D eigenvalue weighted by molar-refractivity contribution is -0.138. The summed E-state index contributed by atoms with van der Waals surface area (Å²) >= 11 is 0. The Balaban J connectivity index is 2.28. The van der Waals surface area contributed by atoms with Crippen LogP contribution in [0.3, 0.4) is 0 Å². The summed E-state index contributed by atoms with van der Waals surface area (Å²) in [6.07, 6.45) is -9.15. The van der Waals surface area contributed by atoms with E-state index in [2.05, 4.69) is 6.07 Å². The lowest BCUT2D eigenvalue weighted by Crippen LogP contribution is -2.16. The van der Waals surface area contributed by atoms with E-state index in [0.717, 1.165) is 60.9 Å². The molecule has 2 N–H and O–H groups in total. The summed E-state index contributed by atoms with van der Waals surface area (Å²) < 4.78 is 169. The van der Waals surface area contributed by atoms with Crippen molar-refractivity contribution in [3.8, 4) is 44.5 Å². The minimum atomic E-state index is -5.44. The number of halogens is 6. The van der Waals surface area contributed by atoms with Crippen LogP contribution in [0.4, 0.5) is 26.3 Å². The van der Waals surface area contributed by atoms with Crippen molar-refractivity contribution < 1.29 is 51.6 Å². The Hall–Kier alpha value is -4.51. The van der Waals surface area contributed by atoms with Gasteiger partial charge in [0.05, 0.1) is 25.8 Å². The monoisotopic (exact) mass is 752 g/mol. The lowest BCUT2D eigenvalue weighted by atomic mass is 9.79. The largest absolute Gasteiger partial charge is 0.417 e. The quantitative estimate of drug-likeness (QED) is 0.170. The molecule has 5 aromatic carbocycles. The molecule has 0 heterocycles. The molecule has 16 heteroatoms. The number of primary sulfonamides is 1. The fraction of sp³-hybridized carbons (Fsp3) is 0.118. The van der Waals surface area contributed by atoms with Crippen LogP contribution < -0.4 is 5.14 Å². The number of alkyl halides is 6. The molecule has 0 aliphatic carbocycles. The third kappa shape index (κ3) is 7.06. The van der Waals surface area contributed by atoms with Crippen LogP contribution in [0.25, 0.3) is 44.5 Å². The van der Waals surface area contributed by atoms with E-state index in [9.17, 15) is 38.4 Å². The van der Waals surface area contributed by atoms with Gasteiger partial charge in [-0.05, 0) is 41.0 Å². The van der Waals surface area contributed by atoms with Gasteiger partial charge in [0.2, 0.25) is 10.0 Å². The first-order valence-electron chi connectivity index (χ1n) is 14.1. The minimum Gasteiger partial charge on any atom is -0.225 e. The number of hydrogen-bond donors (Lipinski definition) is 1. The normalized spacial score (nSPS) is 13.0. The zero-order valence-electron chi connectivity index (χ0n) is 25.8. The van der Waals surface area contributed by atoms with Gasteiger partial charge in [-0.3, -0.25) is 0 Å². The highest BCUT2D eigenvalue weighted by Gasteiger charge is 2.42. The zero-order valence-corrected chi connectivity index (χ0v) is 28.2. The van der Waals surface area contributed by atoms with Crippen molar-refractivity contribution in [3.05, 3.63) is 114 Å². The molecular weight excluding hydrogens is 729 g/mol. The van der Waals surface area contributed by atoms with Crippen LogP contribution >= 0.6 is 0 Å². The van der Waals surface area contributed by atoms with Gasteiger partial charge in [-0.2, -0.15) is 26.3 Å². The molecule has 7 nitrogen and oxygen atoms in total. The molecule has 261 valence electrons. The molecule has 50 heavy (non-hydrogen) atoms. The van der Waals surface area contributed by atoms with Gasteiger partial charge in [-0.1, -0.05) is 72.8 Å². The third-order valence-electron chi connectivity index (χ3n) is 7.61. The summed E-state index contributed by atoms with van der Waals surface area (Å²) in [6.45, 7) is 0. The lowest BCUT2D eigenvalue weighted by Gasteiger charge is -2.27. The average molecular weight is 753 g/mol. The van der Waals surface area contributed by atoms with Gasteiger partial charge in [0.1, 0.15) is 0 Å². The number of rotatable bonds is 7. The van der Waals surface area contributed by atoms with Crippen molar-refractivity contribution in [1.82, 2.24) is 0 Å². The Bertz CT molecular complexity index is 2490. The maximum atomic E-state index is 15.4. The SMILES string of the molecule is CS(=O)(=O)c1ccccc1-c1[c]c(C(F)(F)F)c(-c2ccccc2S(C)(=O)=O)c(-c2ccccc2S(N)(=O)=O)c1-c1ccccc1C(F)(F)F. The Morgan fingerprint density at radius 1 is 0.500 bits per heavy atom. The molecule has 0 bridgehead atoms. The van der Waals surface area contributed by atoms with Crippen LogP contribution in [0.15, 0.2) is 112 Å². The molecule has 1 radical (unpaired) electrons. The van der Waals surface area contributed by atoms with Crippen molar-refractivity contribution in [3.63, 3.8) is 0 Å². The summed E-state index contributed by atoms with van der Waals surface area (Å²) in [5.41, 5.74) is -9.06. The predicted octanol–water partition coefficient (Wildman–Crippen LogP) is 7.65. The molecule has 5 aromatic rings. The van der Waals surface area contributed by atoms with Gasteiger partial charge < -0.3 is 0 Å². The van der Waals surface area contributed by atoms with Crippen LogP contribution in [0.1, 0.15) is 11.1 Å². The molecule has 5 rings (SSSR count). The second-order valence-electron chi connectivity index (χ2n) is 11.1. The first kappa shape index (κ1) is 36.8. The fourth-order valence-corrected chi connectivity index (χ4v) is 8.25. The molecule has 0 aromatic heterocycles. The summed E-state index contributed by atoms with van der Waals surface area (Å²) in [4.78, 5) is -2.07. The van der Waals surface area contributed by atoms with Gasteiger partial charge in [-0.25, -0.2) is 30.4 Å². The van der Waals surface area contributed by atoms with Crippen molar-refractivity contribution in [1.29, 1.82) is 0 Å². The summed E-state index contributed by atoms with van der Waals surface area (Å²) in [6, 6.07) is 19.1. The zero-order chi connectivity index (χ0) is 37.0. The molecule has 0 aliphatic rings. The summed E-state index contributed by atoms with van der Waals surface area (Å²) in [5.74, 6) is 0. The van der Waals surface area contributed by atoms with E-state index in [-0.39, 0.29) is 0 Å². The Morgan fingerprint density at radius 2 is 0.900 bits per heavy atom. The highest BCUT2D eigenvalue weighted by molar-refractivity contribution is 7.91. The van der Waals surface area contributed by atoms with Crippen molar-refractivity contribution in [2.75, 3.05) is 12.5 Å². The Kier molecular flexibility index (Phi) is 9.32. The molecule has 0 saturated carbocycles. The van der Waals surface area contributed by atoms with Crippen LogP contribution in [-0.4, -0.2) is 37.8 Å². The van der Waals surface area contributed by atoms with Crippen molar-refractivity contribution in [2.24, 2.45) is 5.14 Å². The fourth-order valence-electron chi connectivity index (χ4n) is 5.71. The van der Waals surface area contributed by atoms with Crippen LogP contribution in [0.5, 0.6) is 0 Å². The Morgan fingerprint density at radius 3 is 1.36 bits per heavy atom. The second-order valence-corrected chi connectivity index (χ2v) is 16.6.